The molecule has 0 spiro atoms. The third-order valence-electron chi connectivity index (χ3n) is 4.85. The van der Waals surface area contributed by atoms with Gasteiger partial charge >= 0.3 is 0 Å². The van der Waals surface area contributed by atoms with Crippen LogP contribution >= 0.6 is 23.2 Å². The van der Waals surface area contributed by atoms with Crippen molar-refractivity contribution in [3.8, 4) is 0 Å². The summed E-state index contributed by atoms with van der Waals surface area (Å²) in [5, 5.41) is 20.9. The van der Waals surface area contributed by atoms with E-state index in [1.54, 1.807) is 24.3 Å². The van der Waals surface area contributed by atoms with Gasteiger partial charge in [0.25, 0.3) is 0 Å². The number of ether oxygens (including phenoxy) is 4. The van der Waals surface area contributed by atoms with Crippen molar-refractivity contribution in [3.05, 3.63) is 69.7 Å². The molecule has 4 rings (SSSR count). The molecule has 0 aliphatic carbocycles. The van der Waals surface area contributed by atoms with Gasteiger partial charge in [-0.05, 0) is 12.1 Å². The lowest BCUT2D eigenvalue weighted by Crippen LogP contribution is -2.58. The lowest BCUT2D eigenvalue weighted by Gasteiger charge is -2.47. The Hall–Kier alpha value is -1.22. The van der Waals surface area contributed by atoms with Crippen LogP contribution in [0.3, 0.4) is 0 Å². The Morgan fingerprint density at radius 2 is 1.50 bits per heavy atom. The molecular formula is C20H20Cl2O6. The molecule has 0 aromatic heterocycles. The average molecular weight is 427 g/mol. The Balaban J connectivity index is 1.59. The van der Waals surface area contributed by atoms with Gasteiger partial charge < -0.3 is 29.2 Å². The third kappa shape index (κ3) is 3.92. The molecule has 0 amide bonds. The fraction of sp³-hybridized carbons (Fsp3) is 0.400. The predicted octanol–water partition coefficient (Wildman–Crippen LogP) is 3.24. The highest BCUT2D eigenvalue weighted by Gasteiger charge is 2.48. The van der Waals surface area contributed by atoms with Crippen LogP contribution in [0, 0.1) is 0 Å². The molecule has 2 N–H and O–H groups in total. The summed E-state index contributed by atoms with van der Waals surface area (Å²) in [6.07, 6.45) is -4.71. The highest BCUT2D eigenvalue weighted by molar-refractivity contribution is 6.31. The van der Waals surface area contributed by atoms with Crippen LogP contribution in [0.1, 0.15) is 23.7 Å². The number of benzene rings is 2. The standard InChI is InChI=1S/C20H20Cl2O6/c21-13-7-3-1-5-11(13)19-25-10-16-18(28-19)17(15(24)9-23)27-20(26-16)12-6-2-4-8-14(12)22/h1-8,15-20,23-24H,9-10H2/t15-,16+,17+,18+,19?,20?/m1/s1. The SMILES string of the molecule is OC[C@@H](O)[C@@H]1OC(c2ccccc2Cl)O[C@H]2COC(c3ccccc3Cl)O[C@H]12. The minimum absolute atomic E-state index is 0.208. The lowest BCUT2D eigenvalue weighted by atomic mass is 9.99. The quantitative estimate of drug-likeness (QED) is 0.781. The highest BCUT2D eigenvalue weighted by atomic mass is 35.5. The van der Waals surface area contributed by atoms with Crippen molar-refractivity contribution in [2.45, 2.75) is 37.0 Å². The van der Waals surface area contributed by atoms with Crippen LogP contribution in [-0.2, 0) is 18.9 Å². The van der Waals surface area contributed by atoms with Gasteiger partial charge in [-0.3, -0.25) is 0 Å². The molecule has 6 nitrogen and oxygen atoms in total. The average Bonchev–Trinajstić information content (AvgIpc) is 2.73. The number of aliphatic hydroxyl groups is 2. The van der Waals surface area contributed by atoms with Crippen LogP contribution < -0.4 is 0 Å². The van der Waals surface area contributed by atoms with E-state index in [1.165, 1.54) is 0 Å². The van der Waals surface area contributed by atoms with Crippen LogP contribution in [0.2, 0.25) is 10.0 Å². The van der Waals surface area contributed by atoms with Crippen molar-refractivity contribution in [1.29, 1.82) is 0 Å². The van der Waals surface area contributed by atoms with Gasteiger partial charge in [0.1, 0.15) is 24.4 Å². The summed E-state index contributed by atoms with van der Waals surface area (Å²) < 4.78 is 23.8. The number of hydrogen-bond acceptors (Lipinski definition) is 6. The van der Waals surface area contributed by atoms with E-state index < -0.39 is 43.6 Å². The predicted molar refractivity (Wildman–Crippen MR) is 102 cm³/mol. The van der Waals surface area contributed by atoms with E-state index in [-0.39, 0.29) is 6.61 Å². The molecule has 2 aliphatic rings. The summed E-state index contributed by atoms with van der Waals surface area (Å²) in [7, 11) is 0. The number of fused-ring (bicyclic) bond motifs is 1. The van der Waals surface area contributed by atoms with E-state index in [2.05, 4.69) is 0 Å². The van der Waals surface area contributed by atoms with E-state index in [9.17, 15) is 10.2 Å². The Morgan fingerprint density at radius 1 is 0.893 bits per heavy atom. The second-order valence-corrected chi connectivity index (χ2v) is 7.48. The van der Waals surface area contributed by atoms with Crippen LogP contribution in [0.5, 0.6) is 0 Å². The molecular weight excluding hydrogens is 407 g/mol. The van der Waals surface area contributed by atoms with Gasteiger partial charge in [0.2, 0.25) is 0 Å². The first-order valence-corrected chi connectivity index (χ1v) is 9.70. The number of hydrogen-bond donors (Lipinski definition) is 2. The summed E-state index contributed by atoms with van der Waals surface area (Å²) in [4.78, 5) is 0. The summed E-state index contributed by atoms with van der Waals surface area (Å²) in [5.74, 6) is 0. The van der Waals surface area contributed by atoms with Gasteiger partial charge in [-0.1, -0.05) is 59.6 Å². The Labute approximate surface area is 172 Å². The Bertz CT molecular complexity index is 817. The largest absolute Gasteiger partial charge is 0.394 e. The van der Waals surface area contributed by atoms with Crippen LogP contribution in [0.25, 0.3) is 0 Å². The van der Waals surface area contributed by atoms with Crippen molar-refractivity contribution in [2.75, 3.05) is 13.2 Å². The summed E-state index contributed by atoms with van der Waals surface area (Å²) in [6, 6.07) is 14.3. The smallest absolute Gasteiger partial charge is 0.186 e. The normalized spacial score (nSPS) is 31.2. The molecule has 2 fully saturated rings. The van der Waals surface area contributed by atoms with Gasteiger partial charge in [0, 0.05) is 21.2 Å². The maximum atomic E-state index is 10.4. The minimum atomic E-state index is -1.16. The number of halogens is 2. The fourth-order valence-corrected chi connectivity index (χ4v) is 3.87. The first-order valence-electron chi connectivity index (χ1n) is 8.94. The van der Waals surface area contributed by atoms with Gasteiger partial charge in [-0.15, -0.1) is 0 Å². The fourth-order valence-electron chi connectivity index (χ4n) is 3.42. The molecule has 0 saturated carbocycles. The number of rotatable bonds is 4. The lowest BCUT2D eigenvalue weighted by molar-refractivity contribution is -0.373. The first kappa shape index (κ1) is 20.1. The highest BCUT2D eigenvalue weighted by Crippen LogP contribution is 2.41. The van der Waals surface area contributed by atoms with Crippen molar-refractivity contribution in [1.82, 2.24) is 0 Å². The second kappa shape index (κ2) is 8.65. The van der Waals surface area contributed by atoms with Gasteiger partial charge in [0.15, 0.2) is 12.6 Å². The maximum Gasteiger partial charge on any atom is 0.186 e. The van der Waals surface area contributed by atoms with Crippen molar-refractivity contribution >= 4 is 23.2 Å². The molecule has 0 bridgehead atoms. The van der Waals surface area contributed by atoms with Crippen molar-refractivity contribution in [2.24, 2.45) is 0 Å². The maximum absolute atomic E-state index is 10.4. The summed E-state index contributed by atoms with van der Waals surface area (Å²) >= 11 is 12.5. The summed E-state index contributed by atoms with van der Waals surface area (Å²) in [6.45, 7) is -0.274. The van der Waals surface area contributed by atoms with Gasteiger partial charge in [0.05, 0.1) is 13.2 Å². The molecule has 2 unspecified atom stereocenters. The third-order valence-corrected chi connectivity index (χ3v) is 5.53. The van der Waals surface area contributed by atoms with Gasteiger partial charge in [-0.2, -0.15) is 0 Å². The summed E-state index contributed by atoms with van der Waals surface area (Å²) in [5.41, 5.74) is 1.30. The molecule has 2 aliphatic heterocycles. The van der Waals surface area contributed by atoms with E-state index in [4.69, 9.17) is 42.1 Å². The Kier molecular flexibility index (Phi) is 6.20. The molecule has 2 aromatic rings. The van der Waals surface area contributed by atoms with E-state index in [0.717, 1.165) is 0 Å². The monoisotopic (exact) mass is 426 g/mol. The van der Waals surface area contributed by atoms with Crippen molar-refractivity contribution in [3.63, 3.8) is 0 Å². The molecule has 28 heavy (non-hydrogen) atoms. The van der Waals surface area contributed by atoms with Gasteiger partial charge in [-0.25, -0.2) is 0 Å². The van der Waals surface area contributed by atoms with E-state index in [0.29, 0.717) is 21.2 Å². The van der Waals surface area contributed by atoms with Crippen LogP contribution in [-0.4, -0.2) is 47.8 Å². The molecule has 0 radical (unpaired) electrons. The Morgan fingerprint density at radius 3 is 2.11 bits per heavy atom. The topological polar surface area (TPSA) is 77.4 Å². The van der Waals surface area contributed by atoms with Crippen LogP contribution in [0.15, 0.2) is 48.5 Å². The zero-order chi connectivity index (χ0) is 19.7. The first-order chi connectivity index (χ1) is 13.6. The molecule has 150 valence electrons. The molecule has 8 heteroatoms. The van der Waals surface area contributed by atoms with E-state index >= 15 is 0 Å². The van der Waals surface area contributed by atoms with Crippen molar-refractivity contribution < 1.29 is 29.2 Å². The van der Waals surface area contributed by atoms with E-state index in [1.807, 2.05) is 24.3 Å². The molecule has 6 atom stereocenters. The minimum Gasteiger partial charge on any atom is -0.394 e. The zero-order valence-corrected chi connectivity index (χ0v) is 16.3. The molecule has 2 heterocycles. The molecule has 2 saturated heterocycles. The second-order valence-electron chi connectivity index (χ2n) is 6.67. The number of aliphatic hydroxyl groups excluding tert-OH is 2. The molecule has 2 aromatic carbocycles. The zero-order valence-electron chi connectivity index (χ0n) is 14.8. The van der Waals surface area contributed by atoms with Crippen LogP contribution in [0.4, 0.5) is 0 Å².